The first-order valence-corrected chi connectivity index (χ1v) is 4.61. The molecule has 1 aliphatic rings. The summed E-state index contributed by atoms with van der Waals surface area (Å²) in [5.41, 5.74) is 0.989. The Morgan fingerprint density at radius 1 is 1.69 bits per heavy atom. The van der Waals surface area contributed by atoms with Crippen LogP contribution in [0.5, 0.6) is 0 Å². The fraction of sp³-hybridized carbons (Fsp3) is 0.455. The van der Waals surface area contributed by atoms with Gasteiger partial charge in [0.05, 0.1) is 0 Å². The van der Waals surface area contributed by atoms with Crippen LogP contribution in [0, 0.1) is 5.92 Å². The number of carbonyl (C=O) groups is 1. The number of rotatable bonds is 3. The number of carbonyl (C=O) groups excluding carboxylic acids is 1. The van der Waals surface area contributed by atoms with E-state index in [9.17, 15) is 4.79 Å². The van der Waals surface area contributed by atoms with Crippen molar-refractivity contribution in [1.29, 1.82) is 0 Å². The van der Waals surface area contributed by atoms with E-state index in [1.165, 1.54) is 6.20 Å². The van der Waals surface area contributed by atoms with Crippen LogP contribution in [0.2, 0.25) is 0 Å². The number of nitrogens with zero attached hydrogens (tertiary/aromatic N) is 1. The number of aliphatic imine (C=N–C) groups is 1. The van der Waals surface area contributed by atoms with Crippen LogP contribution in [0.4, 0.5) is 0 Å². The van der Waals surface area contributed by atoms with Gasteiger partial charge in [0, 0.05) is 30.7 Å². The van der Waals surface area contributed by atoms with Gasteiger partial charge in [0.1, 0.15) is 5.78 Å². The van der Waals surface area contributed by atoms with Crippen LogP contribution in [0.25, 0.3) is 0 Å². The smallest absolute Gasteiger partial charge is 0.133 e. The third-order valence-electron chi connectivity index (χ3n) is 2.24. The van der Waals surface area contributed by atoms with Crippen molar-refractivity contribution in [2.75, 3.05) is 0 Å². The van der Waals surface area contributed by atoms with Gasteiger partial charge in [-0.3, -0.25) is 9.79 Å². The van der Waals surface area contributed by atoms with Gasteiger partial charge in [-0.2, -0.15) is 0 Å². The topological polar surface area (TPSA) is 29.4 Å². The van der Waals surface area contributed by atoms with Gasteiger partial charge < -0.3 is 0 Å². The second kappa shape index (κ2) is 4.75. The lowest BCUT2D eigenvalue weighted by molar-refractivity contribution is -0.117. The van der Waals surface area contributed by atoms with Gasteiger partial charge in [0.2, 0.25) is 0 Å². The molecule has 0 amide bonds. The van der Waals surface area contributed by atoms with Crippen LogP contribution >= 0.6 is 0 Å². The summed E-state index contributed by atoms with van der Waals surface area (Å²) in [7, 11) is 0. The standard InChI is InChI=1S/C11H15NO/c1-3-5-11(12-4-2)9-6-7-10(13)8-9/h3-5,9H,2,6-8H2,1H3/b5-3-,12-11?. The van der Waals surface area contributed by atoms with Crippen LogP contribution in [0.15, 0.2) is 29.9 Å². The molecule has 0 bridgehead atoms. The molecule has 1 fully saturated rings. The van der Waals surface area contributed by atoms with Crippen molar-refractivity contribution in [3.8, 4) is 0 Å². The van der Waals surface area contributed by atoms with Crippen molar-refractivity contribution in [3.63, 3.8) is 0 Å². The lowest BCUT2D eigenvalue weighted by Crippen LogP contribution is -2.08. The summed E-state index contributed by atoms with van der Waals surface area (Å²) in [5, 5.41) is 0. The molecular formula is C11H15NO. The Balaban J connectivity index is 2.71. The summed E-state index contributed by atoms with van der Waals surface area (Å²) in [6.07, 6.45) is 7.75. The molecule has 0 heterocycles. The van der Waals surface area contributed by atoms with Crippen LogP contribution < -0.4 is 0 Å². The zero-order chi connectivity index (χ0) is 9.68. The lowest BCUT2D eigenvalue weighted by atomic mass is 10.0. The maximum absolute atomic E-state index is 11.1. The van der Waals surface area contributed by atoms with Crippen molar-refractivity contribution in [2.24, 2.45) is 10.9 Å². The highest BCUT2D eigenvalue weighted by Gasteiger charge is 2.24. The van der Waals surface area contributed by atoms with E-state index in [-0.39, 0.29) is 0 Å². The average Bonchev–Trinajstić information content (AvgIpc) is 2.51. The molecule has 0 aromatic rings. The minimum absolute atomic E-state index is 0.321. The van der Waals surface area contributed by atoms with Crippen LogP contribution in [-0.4, -0.2) is 11.5 Å². The minimum atomic E-state index is 0.321. The van der Waals surface area contributed by atoms with E-state index in [1.807, 2.05) is 19.1 Å². The van der Waals surface area contributed by atoms with Crippen molar-refractivity contribution < 1.29 is 4.79 Å². The van der Waals surface area contributed by atoms with Crippen molar-refractivity contribution in [3.05, 3.63) is 24.9 Å². The minimum Gasteiger partial charge on any atom is -0.300 e. The molecule has 0 radical (unpaired) electrons. The van der Waals surface area contributed by atoms with Gasteiger partial charge in [-0.1, -0.05) is 12.7 Å². The molecule has 2 heteroatoms. The van der Waals surface area contributed by atoms with E-state index < -0.39 is 0 Å². The van der Waals surface area contributed by atoms with Crippen molar-refractivity contribution in [2.45, 2.75) is 26.2 Å². The normalized spacial score (nSPS) is 24.2. The molecule has 0 aromatic carbocycles. The molecule has 0 aliphatic heterocycles. The molecule has 0 aromatic heterocycles. The molecule has 1 saturated carbocycles. The van der Waals surface area contributed by atoms with Gasteiger partial charge in [0.15, 0.2) is 0 Å². The van der Waals surface area contributed by atoms with Crippen molar-refractivity contribution >= 4 is 11.5 Å². The summed E-state index contributed by atoms with van der Waals surface area (Å²) in [6.45, 7) is 5.52. The van der Waals surface area contributed by atoms with E-state index >= 15 is 0 Å². The quantitative estimate of drug-likeness (QED) is 0.609. The molecule has 1 unspecified atom stereocenters. The summed E-state index contributed by atoms with van der Waals surface area (Å²) in [4.78, 5) is 15.2. The first-order valence-electron chi connectivity index (χ1n) is 4.61. The fourth-order valence-electron chi connectivity index (χ4n) is 1.63. The van der Waals surface area contributed by atoms with Gasteiger partial charge >= 0.3 is 0 Å². The number of allylic oxidation sites excluding steroid dienone is 2. The largest absolute Gasteiger partial charge is 0.300 e. The van der Waals surface area contributed by atoms with Crippen molar-refractivity contribution in [1.82, 2.24) is 0 Å². The lowest BCUT2D eigenvalue weighted by Gasteiger charge is -2.06. The van der Waals surface area contributed by atoms with E-state index in [0.717, 1.165) is 12.1 Å². The van der Waals surface area contributed by atoms with Gasteiger partial charge in [-0.25, -0.2) is 0 Å². The predicted octanol–water partition coefficient (Wildman–Crippen LogP) is 2.52. The SMILES string of the molecule is C=CN=C(/C=C\C)C1CCC(=O)C1. The monoisotopic (exact) mass is 177 g/mol. The number of hydrogen-bond acceptors (Lipinski definition) is 2. The van der Waals surface area contributed by atoms with Crippen LogP contribution in [0.3, 0.4) is 0 Å². The van der Waals surface area contributed by atoms with Crippen LogP contribution in [0.1, 0.15) is 26.2 Å². The molecule has 1 atom stereocenters. The van der Waals surface area contributed by atoms with E-state index in [0.29, 0.717) is 24.5 Å². The highest BCUT2D eigenvalue weighted by molar-refractivity contribution is 6.01. The highest BCUT2D eigenvalue weighted by Crippen LogP contribution is 2.24. The number of ketones is 1. The zero-order valence-corrected chi connectivity index (χ0v) is 7.99. The molecule has 1 aliphatic carbocycles. The van der Waals surface area contributed by atoms with Gasteiger partial charge in [-0.05, 0) is 19.4 Å². The third-order valence-corrected chi connectivity index (χ3v) is 2.24. The summed E-state index contributed by atoms with van der Waals surface area (Å²) in [5.74, 6) is 0.674. The second-order valence-electron chi connectivity index (χ2n) is 3.21. The second-order valence-corrected chi connectivity index (χ2v) is 3.21. The van der Waals surface area contributed by atoms with Crippen LogP contribution in [-0.2, 0) is 4.79 Å². The molecule has 0 spiro atoms. The molecular weight excluding hydrogens is 162 g/mol. The Hall–Kier alpha value is -1.18. The Kier molecular flexibility index (Phi) is 3.62. The third kappa shape index (κ3) is 2.65. The Morgan fingerprint density at radius 3 is 2.92 bits per heavy atom. The number of hydrogen-bond donors (Lipinski definition) is 0. The average molecular weight is 177 g/mol. The summed E-state index contributed by atoms with van der Waals surface area (Å²) < 4.78 is 0. The Bertz CT molecular complexity index is 263. The fourth-order valence-corrected chi connectivity index (χ4v) is 1.63. The molecule has 0 N–H and O–H groups in total. The van der Waals surface area contributed by atoms with E-state index in [1.54, 1.807) is 0 Å². The van der Waals surface area contributed by atoms with Gasteiger partial charge in [-0.15, -0.1) is 0 Å². The van der Waals surface area contributed by atoms with Gasteiger partial charge in [0.25, 0.3) is 0 Å². The van der Waals surface area contributed by atoms with E-state index in [2.05, 4.69) is 11.6 Å². The Morgan fingerprint density at radius 2 is 2.46 bits per heavy atom. The summed E-state index contributed by atoms with van der Waals surface area (Å²) in [6, 6.07) is 0. The first kappa shape index (κ1) is 9.90. The maximum Gasteiger partial charge on any atom is 0.133 e. The molecule has 70 valence electrons. The zero-order valence-electron chi connectivity index (χ0n) is 7.99. The predicted molar refractivity (Wildman–Crippen MR) is 54.8 cm³/mol. The highest BCUT2D eigenvalue weighted by atomic mass is 16.1. The first-order chi connectivity index (χ1) is 6.27. The summed E-state index contributed by atoms with van der Waals surface area (Å²) >= 11 is 0. The maximum atomic E-state index is 11.1. The molecule has 13 heavy (non-hydrogen) atoms. The molecule has 0 saturated heterocycles. The molecule has 2 nitrogen and oxygen atoms in total. The molecule has 1 rings (SSSR count). The Labute approximate surface area is 79.1 Å². The number of Topliss-reactive ketones (excluding diaryl/α,β-unsaturated/α-hetero) is 1. The van der Waals surface area contributed by atoms with E-state index in [4.69, 9.17) is 0 Å².